The fourth-order valence-corrected chi connectivity index (χ4v) is 6.23. The highest BCUT2D eigenvalue weighted by Crippen LogP contribution is 2.37. The van der Waals surface area contributed by atoms with Crippen molar-refractivity contribution < 1.29 is 18.7 Å². The lowest BCUT2D eigenvalue weighted by Crippen LogP contribution is -2.40. The van der Waals surface area contributed by atoms with Crippen molar-refractivity contribution >= 4 is 55.2 Å². The Morgan fingerprint density at radius 1 is 1.13 bits per heavy atom. The maximum Gasteiger partial charge on any atom is 0.338 e. The van der Waals surface area contributed by atoms with Crippen LogP contribution in [0.5, 0.6) is 5.75 Å². The number of benzene rings is 2. The van der Waals surface area contributed by atoms with E-state index in [0.29, 0.717) is 37.9 Å². The topological polar surface area (TPSA) is 83.0 Å². The summed E-state index contributed by atoms with van der Waals surface area (Å²) in [6, 6.07) is 16.2. The summed E-state index contributed by atoms with van der Waals surface area (Å²) < 4.78 is 20.9. The second kappa shape index (κ2) is 11.1. The van der Waals surface area contributed by atoms with E-state index in [9.17, 15) is 9.59 Å². The van der Waals surface area contributed by atoms with Crippen LogP contribution in [0.4, 0.5) is 0 Å². The fraction of sp³-hybridized carbons (Fsp3) is 0.207. The zero-order valence-electron chi connectivity index (χ0n) is 21.5. The highest BCUT2D eigenvalue weighted by Gasteiger charge is 2.35. The number of esters is 1. The molecule has 39 heavy (non-hydrogen) atoms. The van der Waals surface area contributed by atoms with Crippen LogP contribution in [0.15, 0.2) is 89.0 Å². The molecule has 0 saturated heterocycles. The molecular weight excluding hydrogens is 648 g/mol. The number of carbonyl (C=O) groups is 1. The van der Waals surface area contributed by atoms with Crippen molar-refractivity contribution in [3.63, 3.8) is 0 Å². The van der Waals surface area contributed by atoms with E-state index in [-0.39, 0.29) is 17.2 Å². The van der Waals surface area contributed by atoms with Crippen LogP contribution in [0, 0.1) is 0 Å². The number of ether oxygens (including phenoxy) is 2. The molecular formula is C29H24Br2N2O5S. The van der Waals surface area contributed by atoms with Gasteiger partial charge >= 0.3 is 5.97 Å². The highest BCUT2D eigenvalue weighted by atomic mass is 79.9. The van der Waals surface area contributed by atoms with E-state index in [1.165, 1.54) is 15.9 Å². The van der Waals surface area contributed by atoms with Crippen LogP contribution < -0.4 is 19.6 Å². The van der Waals surface area contributed by atoms with Gasteiger partial charge in [0.25, 0.3) is 5.56 Å². The van der Waals surface area contributed by atoms with Crippen LogP contribution in [0.1, 0.15) is 38.1 Å². The summed E-state index contributed by atoms with van der Waals surface area (Å²) in [7, 11) is 1.55. The number of hydrogen-bond donors (Lipinski definition) is 0. The van der Waals surface area contributed by atoms with E-state index >= 15 is 0 Å². The Bertz CT molecular complexity index is 1800. The van der Waals surface area contributed by atoms with E-state index in [0.717, 1.165) is 14.5 Å². The van der Waals surface area contributed by atoms with Crippen molar-refractivity contribution in [2.45, 2.75) is 32.9 Å². The molecule has 0 radical (unpaired) electrons. The summed E-state index contributed by atoms with van der Waals surface area (Å²) >= 11 is 8.24. The number of fused-ring (bicyclic) bond motifs is 1. The Labute approximate surface area is 245 Å². The molecule has 3 heterocycles. The fourth-order valence-electron chi connectivity index (χ4n) is 4.43. The first-order valence-electron chi connectivity index (χ1n) is 12.1. The van der Waals surface area contributed by atoms with Crippen molar-refractivity contribution in [1.82, 2.24) is 4.57 Å². The van der Waals surface area contributed by atoms with Gasteiger partial charge in [-0.3, -0.25) is 9.36 Å². The Hall–Kier alpha value is -3.21. The molecule has 7 nitrogen and oxygen atoms in total. The highest BCUT2D eigenvalue weighted by molar-refractivity contribution is 9.10. The molecule has 0 N–H and O–H groups in total. The molecule has 0 fully saturated rings. The first-order chi connectivity index (χ1) is 18.7. The van der Waals surface area contributed by atoms with E-state index in [2.05, 4.69) is 36.9 Å². The smallest absolute Gasteiger partial charge is 0.338 e. The van der Waals surface area contributed by atoms with Crippen LogP contribution in [-0.2, 0) is 9.53 Å². The number of aromatic nitrogens is 1. The summed E-state index contributed by atoms with van der Waals surface area (Å²) in [4.78, 5) is 32.4. The molecule has 1 atom stereocenters. The van der Waals surface area contributed by atoms with Gasteiger partial charge in [0.1, 0.15) is 23.3 Å². The zero-order chi connectivity index (χ0) is 27.8. The van der Waals surface area contributed by atoms with Crippen LogP contribution in [0.3, 0.4) is 0 Å². The minimum Gasteiger partial charge on any atom is -0.496 e. The first kappa shape index (κ1) is 27.4. The molecule has 0 saturated carbocycles. The second-order valence-electron chi connectivity index (χ2n) is 9.13. The van der Waals surface area contributed by atoms with Crippen molar-refractivity contribution in [2.75, 3.05) is 7.11 Å². The lowest BCUT2D eigenvalue weighted by atomic mass is 9.95. The van der Waals surface area contributed by atoms with Gasteiger partial charge in [-0.2, -0.15) is 0 Å². The average Bonchev–Trinajstić information content (AvgIpc) is 3.47. The summed E-state index contributed by atoms with van der Waals surface area (Å²) in [5.74, 6) is 1.22. The van der Waals surface area contributed by atoms with Gasteiger partial charge in [0.05, 0.1) is 29.0 Å². The molecule has 2 aromatic carbocycles. The maximum atomic E-state index is 13.9. The number of carbonyl (C=O) groups excluding carboxylic acids is 1. The predicted octanol–water partition coefficient (Wildman–Crippen LogP) is 5.98. The SMILES string of the molecule is COc1ccc(Br)cc1[C@H]1C(C(=O)OC(C)C)=C(C)N=c2s/c(=C\c3ccc(-c4cccc(Br)c4)o3)c(=O)n21. The van der Waals surface area contributed by atoms with Gasteiger partial charge in [-0.05, 0) is 63.2 Å². The number of halogens is 2. The Morgan fingerprint density at radius 2 is 1.90 bits per heavy atom. The minimum absolute atomic E-state index is 0.286. The van der Waals surface area contributed by atoms with E-state index in [4.69, 9.17) is 13.9 Å². The number of thiazole rings is 1. The summed E-state index contributed by atoms with van der Waals surface area (Å²) in [5.41, 5.74) is 2.02. The Kier molecular flexibility index (Phi) is 7.80. The van der Waals surface area contributed by atoms with Gasteiger partial charge in [0.15, 0.2) is 4.80 Å². The molecule has 0 unspecified atom stereocenters. The lowest BCUT2D eigenvalue weighted by Gasteiger charge is -2.26. The third kappa shape index (κ3) is 5.46. The molecule has 1 aliphatic heterocycles. The first-order valence-corrected chi connectivity index (χ1v) is 14.5. The predicted molar refractivity (Wildman–Crippen MR) is 158 cm³/mol. The van der Waals surface area contributed by atoms with Gasteiger partial charge in [0, 0.05) is 26.1 Å². The number of furan rings is 1. The standard InChI is InChI=1S/C29H24Br2N2O5S/c1-15(2)37-28(35)25-16(3)32-29-33(26(25)21-13-19(31)8-10-23(21)36-4)27(34)24(39-29)14-20-9-11-22(38-20)17-6-5-7-18(30)12-17/h5-15,26H,1-4H3/b24-14-/t26-/m0/s1. The second-order valence-corrected chi connectivity index (χ2v) is 12.0. The monoisotopic (exact) mass is 670 g/mol. The molecule has 2 aromatic heterocycles. The molecule has 4 aromatic rings. The number of methoxy groups -OCH3 is 1. The van der Waals surface area contributed by atoms with Gasteiger partial charge in [-0.25, -0.2) is 9.79 Å². The van der Waals surface area contributed by atoms with Crippen LogP contribution in [0.25, 0.3) is 17.4 Å². The molecule has 0 spiro atoms. The number of hydrogen-bond acceptors (Lipinski definition) is 7. The Balaban J connectivity index is 1.68. The van der Waals surface area contributed by atoms with Crippen molar-refractivity contribution in [1.29, 1.82) is 0 Å². The van der Waals surface area contributed by atoms with E-state index < -0.39 is 12.0 Å². The molecule has 0 bridgehead atoms. The Morgan fingerprint density at radius 3 is 2.62 bits per heavy atom. The molecule has 0 amide bonds. The van der Waals surface area contributed by atoms with Crippen molar-refractivity contribution in [3.8, 4) is 17.1 Å². The van der Waals surface area contributed by atoms with Gasteiger partial charge in [0.2, 0.25) is 0 Å². The number of allylic oxidation sites excluding steroid dienone is 1. The van der Waals surface area contributed by atoms with Crippen molar-refractivity contribution in [3.05, 3.63) is 106 Å². The quantitative estimate of drug-likeness (QED) is 0.236. The van der Waals surface area contributed by atoms with Gasteiger partial charge < -0.3 is 13.9 Å². The molecule has 10 heteroatoms. The summed E-state index contributed by atoms with van der Waals surface area (Å²) in [5, 5.41) is 0. The molecule has 5 rings (SSSR count). The minimum atomic E-state index is -0.795. The van der Waals surface area contributed by atoms with Crippen LogP contribution in [-0.4, -0.2) is 23.8 Å². The van der Waals surface area contributed by atoms with Crippen molar-refractivity contribution in [2.24, 2.45) is 4.99 Å². The third-order valence-electron chi connectivity index (χ3n) is 6.08. The number of nitrogens with zero attached hydrogens (tertiary/aromatic N) is 2. The largest absolute Gasteiger partial charge is 0.496 e. The number of rotatable bonds is 6. The summed E-state index contributed by atoms with van der Waals surface area (Å²) in [6.07, 6.45) is 1.36. The van der Waals surface area contributed by atoms with Crippen LogP contribution in [0.2, 0.25) is 0 Å². The van der Waals surface area contributed by atoms with Crippen LogP contribution >= 0.6 is 43.2 Å². The third-order valence-corrected chi connectivity index (χ3v) is 8.05. The van der Waals surface area contributed by atoms with E-state index in [1.807, 2.05) is 48.5 Å². The van der Waals surface area contributed by atoms with Gasteiger partial charge in [-0.1, -0.05) is 55.3 Å². The summed E-state index contributed by atoms with van der Waals surface area (Å²) in [6.45, 7) is 5.31. The molecule has 0 aliphatic carbocycles. The maximum absolute atomic E-state index is 13.9. The molecule has 200 valence electrons. The average molecular weight is 672 g/mol. The molecule has 1 aliphatic rings. The zero-order valence-corrected chi connectivity index (χ0v) is 25.5. The lowest BCUT2D eigenvalue weighted by molar-refractivity contribution is -0.143. The normalized spacial score (nSPS) is 15.4. The van der Waals surface area contributed by atoms with E-state index in [1.54, 1.807) is 40.0 Å². The van der Waals surface area contributed by atoms with Gasteiger partial charge in [-0.15, -0.1) is 0 Å².